The molecule has 0 atom stereocenters. The Labute approximate surface area is 209 Å². The fourth-order valence-electron chi connectivity index (χ4n) is 4.59. The van der Waals surface area contributed by atoms with Crippen molar-refractivity contribution >= 4 is 21.8 Å². The zero-order valence-corrected chi connectivity index (χ0v) is 20.3. The van der Waals surface area contributed by atoms with E-state index >= 15 is 0 Å². The van der Waals surface area contributed by atoms with E-state index in [1.807, 2.05) is 47.4 Å². The predicted molar refractivity (Wildman–Crippen MR) is 134 cm³/mol. The minimum absolute atomic E-state index is 0.0363. The molecule has 1 aliphatic heterocycles. The monoisotopic (exact) mass is 538 g/mol. The van der Waals surface area contributed by atoms with Gasteiger partial charge in [0.1, 0.15) is 0 Å². The fourth-order valence-corrected chi connectivity index (χ4v) is 4.85. The van der Waals surface area contributed by atoms with Crippen molar-refractivity contribution in [2.45, 2.75) is 19.0 Å². The van der Waals surface area contributed by atoms with Gasteiger partial charge in [0.05, 0.1) is 22.6 Å². The zero-order chi connectivity index (χ0) is 24.6. The average Bonchev–Trinajstić information content (AvgIpc) is 3.54. The molecule has 3 aromatic carbocycles. The first kappa shape index (κ1) is 23.4. The van der Waals surface area contributed by atoms with E-state index in [1.165, 1.54) is 12.1 Å². The van der Waals surface area contributed by atoms with Gasteiger partial charge in [-0.2, -0.15) is 13.2 Å². The summed E-state index contributed by atoms with van der Waals surface area (Å²) in [6.45, 7) is 1.46. The van der Waals surface area contributed by atoms with Crippen LogP contribution in [0.15, 0.2) is 89.4 Å². The molecule has 178 valence electrons. The van der Waals surface area contributed by atoms with Crippen molar-refractivity contribution in [2.24, 2.45) is 0 Å². The predicted octanol–water partition coefficient (Wildman–Crippen LogP) is 7.83. The summed E-state index contributed by atoms with van der Waals surface area (Å²) in [6, 6.07) is 23.8. The topological polar surface area (TPSA) is 25.2 Å². The maximum Gasteiger partial charge on any atom is 0.418 e. The summed E-state index contributed by atoms with van der Waals surface area (Å²) in [6.07, 6.45) is -2.55. The summed E-state index contributed by atoms with van der Waals surface area (Å²) in [4.78, 5) is 14.8. The van der Waals surface area contributed by atoms with E-state index in [4.69, 9.17) is 0 Å². The van der Waals surface area contributed by atoms with Crippen molar-refractivity contribution in [3.05, 3.63) is 101 Å². The Morgan fingerprint density at radius 1 is 0.771 bits per heavy atom. The van der Waals surface area contributed by atoms with E-state index in [2.05, 4.69) is 15.9 Å². The molecule has 1 aromatic heterocycles. The first-order valence-electron chi connectivity index (χ1n) is 11.4. The molecule has 7 heteroatoms. The molecule has 2 heterocycles. The number of carbonyl (C=O) groups excluding carboxylic acids is 1. The summed E-state index contributed by atoms with van der Waals surface area (Å²) in [7, 11) is 0. The molecule has 0 radical (unpaired) electrons. The van der Waals surface area contributed by atoms with Crippen LogP contribution < -0.4 is 0 Å². The maximum absolute atomic E-state index is 14.0. The number of hydrogen-bond acceptors (Lipinski definition) is 1. The van der Waals surface area contributed by atoms with Gasteiger partial charge in [-0.05, 0) is 72.5 Å². The number of likely N-dealkylation sites (tertiary alicyclic amines) is 1. The molecule has 1 fully saturated rings. The second-order valence-electron chi connectivity index (χ2n) is 8.54. The van der Waals surface area contributed by atoms with Crippen LogP contribution in [0.1, 0.15) is 28.8 Å². The maximum atomic E-state index is 14.0. The van der Waals surface area contributed by atoms with Crippen molar-refractivity contribution < 1.29 is 18.0 Å². The van der Waals surface area contributed by atoms with E-state index in [-0.39, 0.29) is 11.6 Å². The molecule has 0 aliphatic carbocycles. The van der Waals surface area contributed by atoms with Gasteiger partial charge in [0.15, 0.2) is 0 Å². The molecule has 1 aliphatic rings. The molecule has 3 nitrogen and oxygen atoms in total. The second-order valence-corrected chi connectivity index (χ2v) is 9.46. The van der Waals surface area contributed by atoms with Crippen LogP contribution in [-0.2, 0) is 6.18 Å². The Hall–Kier alpha value is -3.32. The molecular weight excluding hydrogens is 517 g/mol. The lowest BCUT2D eigenvalue weighted by atomic mass is 10.1. The minimum Gasteiger partial charge on any atom is -0.339 e. The standard InChI is InChI=1S/C28H22BrF3N2O/c29-22-12-10-19(11-13-22)24-14-15-25(34(24)26-9-2-1-8-23(26)28(30,31)32)20-6-5-7-21(18-20)27(35)33-16-3-4-17-33/h1-2,5-15,18H,3-4,16-17H2. The van der Waals surface area contributed by atoms with Crippen LogP contribution in [0.5, 0.6) is 0 Å². The van der Waals surface area contributed by atoms with Crippen LogP contribution in [-0.4, -0.2) is 28.5 Å². The molecule has 0 unspecified atom stereocenters. The smallest absolute Gasteiger partial charge is 0.339 e. The first-order valence-corrected chi connectivity index (χ1v) is 12.2. The number of carbonyl (C=O) groups is 1. The number of halogens is 4. The molecular formula is C28H22BrF3N2O. The zero-order valence-electron chi connectivity index (χ0n) is 18.7. The lowest BCUT2D eigenvalue weighted by Gasteiger charge is -2.20. The second kappa shape index (κ2) is 9.38. The van der Waals surface area contributed by atoms with Gasteiger partial charge in [-0.15, -0.1) is 0 Å². The van der Waals surface area contributed by atoms with E-state index in [0.717, 1.165) is 42.0 Å². The number of rotatable bonds is 4. The SMILES string of the molecule is O=C(c1cccc(-c2ccc(-c3ccc(Br)cc3)n2-c2ccccc2C(F)(F)F)c1)N1CCCC1. The minimum atomic E-state index is -4.53. The number of hydrogen-bond donors (Lipinski definition) is 0. The van der Waals surface area contributed by atoms with Gasteiger partial charge < -0.3 is 9.47 Å². The number of benzene rings is 3. The molecule has 0 spiro atoms. The van der Waals surface area contributed by atoms with Crippen LogP contribution in [0.25, 0.3) is 28.2 Å². The third kappa shape index (κ3) is 4.65. The van der Waals surface area contributed by atoms with E-state index < -0.39 is 11.7 Å². The molecule has 0 N–H and O–H groups in total. The quantitative estimate of drug-likeness (QED) is 0.260. The van der Waals surface area contributed by atoms with Crippen molar-refractivity contribution in [2.75, 3.05) is 13.1 Å². The molecule has 0 bridgehead atoms. The largest absolute Gasteiger partial charge is 0.418 e. The van der Waals surface area contributed by atoms with Crippen LogP contribution >= 0.6 is 15.9 Å². The Kier molecular flexibility index (Phi) is 6.28. The number of aromatic nitrogens is 1. The van der Waals surface area contributed by atoms with Crippen LogP contribution in [0.4, 0.5) is 13.2 Å². The average molecular weight is 539 g/mol. The summed E-state index contributed by atoms with van der Waals surface area (Å²) >= 11 is 3.42. The van der Waals surface area contributed by atoms with E-state index in [1.54, 1.807) is 28.8 Å². The van der Waals surface area contributed by atoms with Gasteiger partial charge in [-0.25, -0.2) is 0 Å². The van der Waals surface area contributed by atoms with E-state index in [0.29, 0.717) is 22.5 Å². The Morgan fingerprint density at radius 3 is 2.11 bits per heavy atom. The summed E-state index contributed by atoms with van der Waals surface area (Å²) < 4.78 is 44.6. The normalized spacial score (nSPS) is 13.9. The van der Waals surface area contributed by atoms with Crippen molar-refractivity contribution in [1.82, 2.24) is 9.47 Å². The summed E-state index contributed by atoms with van der Waals surface area (Å²) in [5.74, 6) is -0.0497. The van der Waals surface area contributed by atoms with Crippen molar-refractivity contribution in [3.63, 3.8) is 0 Å². The highest BCUT2D eigenvalue weighted by Gasteiger charge is 2.34. The van der Waals surface area contributed by atoms with Gasteiger partial charge >= 0.3 is 6.18 Å². The number of amides is 1. The highest BCUT2D eigenvalue weighted by atomic mass is 79.9. The van der Waals surface area contributed by atoms with Crippen molar-refractivity contribution in [1.29, 1.82) is 0 Å². The van der Waals surface area contributed by atoms with Crippen LogP contribution in [0.2, 0.25) is 0 Å². The number of alkyl halides is 3. The molecule has 0 saturated carbocycles. The highest BCUT2D eigenvalue weighted by molar-refractivity contribution is 9.10. The lowest BCUT2D eigenvalue weighted by molar-refractivity contribution is -0.137. The molecule has 4 aromatic rings. The summed E-state index contributed by atoms with van der Waals surface area (Å²) in [5, 5.41) is 0. The van der Waals surface area contributed by atoms with E-state index in [9.17, 15) is 18.0 Å². The molecule has 35 heavy (non-hydrogen) atoms. The Morgan fingerprint density at radius 2 is 1.43 bits per heavy atom. The number of para-hydroxylation sites is 1. The number of nitrogens with zero attached hydrogens (tertiary/aromatic N) is 2. The van der Waals surface area contributed by atoms with Gasteiger partial charge in [0.2, 0.25) is 0 Å². The third-order valence-corrected chi connectivity index (χ3v) is 6.80. The molecule has 5 rings (SSSR count). The fraction of sp³-hybridized carbons (Fsp3) is 0.179. The van der Waals surface area contributed by atoms with Crippen LogP contribution in [0, 0.1) is 0 Å². The summed E-state index contributed by atoms with van der Waals surface area (Å²) in [5.41, 5.74) is 2.51. The van der Waals surface area contributed by atoms with Gasteiger partial charge in [-0.1, -0.05) is 52.3 Å². The highest BCUT2D eigenvalue weighted by Crippen LogP contribution is 2.39. The van der Waals surface area contributed by atoms with Gasteiger partial charge in [0.25, 0.3) is 5.91 Å². The first-order chi connectivity index (χ1) is 16.8. The van der Waals surface area contributed by atoms with Crippen molar-refractivity contribution in [3.8, 4) is 28.2 Å². The van der Waals surface area contributed by atoms with Gasteiger partial charge in [0, 0.05) is 23.1 Å². The Balaban J connectivity index is 1.70. The molecule has 1 amide bonds. The Bertz CT molecular complexity index is 1370. The van der Waals surface area contributed by atoms with Crippen LogP contribution in [0.3, 0.4) is 0 Å². The third-order valence-electron chi connectivity index (χ3n) is 6.27. The van der Waals surface area contributed by atoms with Gasteiger partial charge in [-0.3, -0.25) is 4.79 Å². The molecule has 1 saturated heterocycles. The lowest BCUT2D eigenvalue weighted by Crippen LogP contribution is -2.27.